The van der Waals surface area contributed by atoms with E-state index in [0.29, 0.717) is 24.2 Å². The summed E-state index contributed by atoms with van der Waals surface area (Å²) in [5, 5.41) is 10.7. The number of aliphatic hydroxyl groups is 1. The Balaban J connectivity index is 2.30. The second-order valence-corrected chi connectivity index (χ2v) is 5.18. The summed E-state index contributed by atoms with van der Waals surface area (Å²) < 4.78 is 5.03. The molecule has 2 atom stereocenters. The molecule has 0 bridgehead atoms. The van der Waals surface area contributed by atoms with Crippen molar-refractivity contribution in [2.75, 3.05) is 7.11 Å². The lowest BCUT2D eigenvalue weighted by Gasteiger charge is -2.36. The van der Waals surface area contributed by atoms with Crippen LogP contribution in [0.15, 0.2) is 24.3 Å². The number of hydrogen-bond donors (Lipinski definition) is 2. The Morgan fingerprint density at radius 3 is 2.50 bits per heavy atom. The first-order valence-corrected chi connectivity index (χ1v) is 6.69. The summed E-state index contributed by atoms with van der Waals surface area (Å²) in [6.45, 7) is 0. The van der Waals surface area contributed by atoms with Gasteiger partial charge in [0, 0.05) is 5.56 Å². The lowest BCUT2D eigenvalue weighted by Crippen LogP contribution is -2.52. The van der Waals surface area contributed by atoms with Crippen LogP contribution in [0, 0.1) is 5.92 Å². The van der Waals surface area contributed by atoms with E-state index in [9.17, 15) is 14.7 Å². The first-order valence-electron chi connectivity index (χ1n) is 6.69. The summed E-state index contributed by atoms with van der Waals surface area (Å²) in [6, 6.07) is 6.48. The van der Waals surface area contributed by atoms with E-state index >= 15 is 0 Å². The van der Waals surface area contributed by atoms with Crippen molar-refractivity contribution in [2.24, 2.45) is 11.7 Å². The highest BCUT2D eigenvalue weighted by Gasteiger charge is 2.48. The minimum absolute atomic E-state index is 0.269. The highest BCUT2D eigenvalue weighted by Crippen LogP contribution is 2.36. The topological polar surface area (TPSA) is 89.6 Å². The van der Waals surface area contributed by atoms with Crippen LogP contribution in [-0.2, 0) is 4.79 Å². The number of Topliss-reactive ketones (excluding diaryl/α,β-unsaturated/α-hetero) is 1. The molecule has 2 rings (SSSR count). The van der Waals surface area contributed by atoms with Crippen LogP contribution in [0.4, 0.5) is 0 Å². The normalized spacial score (nSPS) is 26.0. The maximum absolute atomic E-state index is 12.5. The van der Waals surface area contributed by atoms with Crippen LogP contribution >= 0.6 is 0 Å². The Bertz CT molecular complexity index is 511. The van der Waals surface area contributed by atoms with Crippen molar-refractivity contribution in [1.82, 2.24) is 0 Å². The number of amides is 1. The molecule has 0 saturated heterocycles. The first kappa shape index (κ1) is 14.5. The zero-order valence-corrected chi connectivity index (χ0v) is 11.5. The van der Waals surface area contributed by atoms with Crippen molar-refractivity contribution < 1.29 is 19.4 Å². The van der Waals surface area contributed by atoms with E-state index in [4.69, 9.17) is 10.5 Å². The summed E-state index contributed by atoms with van der Waals surface area (Å²) in [5.41, 5.74) is 4.01. The number of nitrogens with two attached hydrogens (primary N) is 1. The minimum atomic E-state index is -1.68. The zero-order chi connectivity index (χ0) is 14.8. The van der Waals surface area contributed by atoms with Gasteiger partial charge in [-0.3, -0.25) is 9.59 Å². The van der Waals surface area contributed by atoms with Crippen molar-refractivity contribution in [3.05, 3.63) is 29.8 Å². The third-order valence-electron chi connectivity index (χ3n) is 3.97. The van der Waals surface area contributed by atoms with E-state index in [1.54, 1.807) is 24.3 Å². The molecule has 1 amide bonds. The summed E-state index contributed by atoms with van der Waals surface area (Å²) in [5.74, 6) is -1.24. The fourth-order valence-electron chi connectivity index (χ4n) is 2.80. The van der Waals surface area contributed by atoms with E-state index in [0.717, 1.165) is 6.42 Å². The molecule has 2 unspecified atom stereocenters. The molecule has 1 aliphatic rings. The fourth-order valence-corrected chi connectivity index (χ4v) is 2.80. The van der Waals surface area contributed by atoms with Gasteiger partial charge in [0.1, 0.15) is 11.4 Å². The molecule has 0 spiro atoms. The van der Waals surface area contributed by atoms with Gasteiger partial charge in [0.15, 0.2) is 5.78 Å². The van der Waals surface area contributed by atoms with E-state index < -0.39 is 23.2 Å². The van der Waals surface area contributed by atoms with Gasteiger partial charge >= 0.3 is 0 Å². The quantitative estimate of drug-likeness (QED) is 0.811. The standard InChI is InChI=1S/C15H19NO4/c1-20-11-7-5-10(6-8-11)13(17)15(19)9-3-2-4-12(15)14(16)18/h5-8,12,19H,2-4,9H2,1H3,(H2,16,18). The molecule has 5 nitrogen and oxygen atoms in total. The average Bonchev–Trinajstić information content (AvgIpc) is 2.46. The Labute approximate surface area is 117 Å². The number of hydrogen-bond acceptors (Lipinski definition) is 4. The second kappa shape index (κ2) is 5.63. The van der Waals surface area contributed by atoms with Gasteiger partial charge in [-0.25, -0.2) is 0 Å². The molecule has 0 radical (unpaired) electrons. The Morgan fingerprint density at radius 1 is 1.30 bits per heavy atom. The number of ether oxygens (including phenoxy) is 1. The van der Waals surface area contributed by atoms with E-state index in [1.165, 1.54) is 7.11 Å². The zero-order valence-electron chi connectivity index (χ0n) is 11.5. The van der Waals surface area contributed by atoms with Crippen molar-refractivity contribution in [3.63, 3.8) is 0 Å². The van der Waals surface area contributed by atoms with Gasteiger partial charge < -0.3 is 15.6 Å². The van der Waals surface area contributed by atoms with Crippen molar-refractivity contribution in [3.8, 4) is 5.75 Å². The van der Waals surface area contributed by atoms with Crippen LogP contribution in [0.5, 0.6) is 5.75 Å². The number of methoxy groups -OCH3 is 1. The van der Waals surface area contributed by atoms with Crippen molar-refractivity contribution in [2.45, 2.75) is 31.3 Å². The predicted octanol–water partition coefficient (Wildman–Crippen LogP) is 1.28. The van der Waals surface area contributed by atoms with Gasteiger partial charge in [-0.1, -0.05) is 12.8 Å². The van der Waals surface area contributed by atoms with E-state index in [2.05, 4.69) is 0 Å². The molecule has 0 aliphatic heterocycles. The molecule has 1 aromatic rings. The molecule has 1 saturated carbocycles. The SMILES string of the molecule is COc1ccc(C(=O)C2(O)CCCCC2C(N)=O)cc1. The molecular weight excluding hydrogens is 258 g/mol. The fraction of sp³-hybridized carbons (Fsp3) is 0.467. The molecular formula is C15H19NO4. The highest BCUT2D eigenvalue weighted by atomic mass is 16.5. The van der Waals surface area contributed by atoms with E-state index in [-0.39, 0.29) is 6.42 Å². The summed E-state index contributed by atoms with van der Waals surface area (Å²) in [7, 11) is 1.54. The number of carbonyl (C=O) groups is 2. The third kappa shape index (κ3) is 2.54. The van der Waals surface area contributed by atoms with Crippen LogP contribution in [0.2, 0.25) is 0 Å². The van der Waals surface area contributed by atoms with Crippen LogP contribution in [0.25, 0.3) is 0 Å². The molecule has 3 N–H and O–H groups in total. The number of rotatable bonds is 4. The number of carbonyl (C=O) groups excluding carboxylic acids is 2. The maximum atomic E-state index is 12.5. The summed E-state index contributed by atoms with van der Waals surface area (Å²) in [4.78, 5) is 24.0. The lowest BCUT2D eigenvalue weighted by molar-refractivity contribution is -0.131. The first-order chi connectivity index (χ1) is 9.49. The number of ketones is 1. The molecule has 1 fully saturated rings. The van der Waals surface area contributed by atoms with Crippen LogP contribution < -0.4 is 10.5 Å². The lowest BCUT2D eigenvalue weighted by atomic mass is 9.71. The van der Waals surface area contributed by atoms with Crippen molar-refractivity contribution in [1.29, 1.82) is 0 Å². The van der Waals surface area contributed by atoms with E-state index in [1.807, 2.05) is 0 Å². The van der Waals surface area contributed by atoms with Gasteiger partial charge in [0.25, 0.3) is 0 Å². The van der Waals surface area contributed by atoms with Gasteiger partial charge in [0.2, 0.25) is 5.91 Å². The molecule has 1 aromatic carbocycles. The molecule has 0 heterocycles. The predicted molar refractivity (Wildman–Crippen MR) is 73.4 cm³/mol. The molecule has 108 valence electrons. The summed E-state index contributed by atoms with van der Waals surface area (Å²) in [6.07, 6.45) is 2.23. The van der Waals surface area contributed by atoms with Crippen LogP contribution in [0.1, 0.15) is 36.0 Å². The monoisotopic (exact) mass is 277 g/mol. The molecule has 5 heteroatoms. The van der Waals surface area contributed by atoms with Crippen LogP contribution in [-0.4, -0.2) is 29.5 Å². The second-order valence-electron chi connectivity index (χ2n) is 5.18. The maximum Gasteiger partial charge on any atom is 0.223 e. The van der Waals surface area contributed by atoms with Gasteiger partial charge in [-0.15, -0.1) is 0 Å². The largest absolute Gasteiger partial charge is 0.497 e. The number of primary amides is 1. The minimum Gasteiger partial charge on any atom is -0.497 e. The van der Waals surface area contributed by atoms with Gasteiger partial charge in [0.05, 0.1) is 13.0 Å². The Kier molecular flexibility index (Phi) is 4.09. The smallest absolute Gasteiger partial charge is 0.223 e. The Morgan fingerprint density at radius 2 is 1.95 bits per heavy atom. The van der Waals surface area contributed by atoms with Gasteiger partial charge in [-0.05, 0) is 37.1 Å². The molecule has 0 aromatic heterocycles. The third-order valence-corrected chi connectivity index (χ3v) is 3.97. The summed E-state index contributed by atoms with van der Waals surface area (Å²) >= 11 is 0. The molecule has 20 heavy (non-hydrogen) atoms. The average molecular weight is 277 g/mol. The highest BCUT2D eigenvalue weighted by molar-refractivity contribution is 6.05. The van der Waals surface area contributed by atoms with Crippen molar-refractivity contribution >= 4 is 11.7 Å². The van der Waals surface area contributed by atoms with Gasteiger partial charge in [-0.2, -0.15) is 0 Å². The molecule has 1 aliphatic carbocycles. The number of benzene rings is 1. The Hall–Kier alpha value is -1.88. The van der Waals surface area contributed by atoms with Crippen LogP contribution in [0.3, 0.4) is 0 Å².